The molecule has 2 amide bonds. The lowest BCUT2D eigenvalue weighted by Gasteiger charge is -2.16. The van der Waals surface area contributed by atoms with Crippen LogP contribution in [0.4, 0.5) is 10.5 Å². The van der Waals surface area contributed by atoms with Crippen molar-refractivity contribution in [2.45, 2.75) is 19.4 Å². The molecule has 0 aliphatic heterocycles. The number of anilines is 1. The van der Waals surface area contributed by atoms with Crippen molar-refractivity contribution in [3.63, 3.8) is 0 Å². The summed E-state index contributed by atoms with van der Waals surface area (Å²) in [6.45, 7) is 1.79. The maximum absolute atomic E-state index is 11.7. The first-order valence-electron chi connectivity index (χ1n) is 5.48. The number of amides is 2. The molecule has 0 aliphatic rings. The average Bonchev–Trinajstić information content (AvgIpc) is 2.39. The zero-order valence-corrected chi connectivity index (χ0v) is 11.7. The Morgan fingerprint density at radius 1 is 1.47 bits per heavy atom. The minimum Gasteiger partial charge on any atom is -0.409 e. The topological polar surface area (TPSA) is 99.7 Å². The van der Waals surface area contributed by atoms with Crippen LogP contribution in [0.15, 0.2) is 23.4 Å². The maximum atomic E-state index is 11.7. The Labute approximate surface area is 120 Å². The van der Waals surface area contributed by atoms with Crippen molar-refractivity contribution < 1.29 is 10.0 Å². The minimum absolute atomic E-state index is 0.0632. The van der Waals surface area contributed by atoms with Gasteiger partial charge in [0, 0.05) is 5.69 Å². The van der Waals surface area contributed by atoms with Crippen LogP contribution in [-0.4, -0.2) is 23.1 Å². The van der Waals surface area contributed by atoms with Crippen molar-refractivity contribution in [1.82, 2.24) is 5.32 Å². The number of amidine groups is 1. The van der Waals surface area contributed by atoms with E-state index in [1.807, 2.05) is 0 Å². The summed E-state index contributed by atoms with van der Waals surface area (Å²) in [7, 11) is 0. The molecular weight excluding hydrogens is 291 g/mol. The number of halogens is 2. The quantitative estimate of drug-likeness (QED) is 0.298. The predicted octanol–water partition coefficient (Wildman–Crippen LogP) is 2.64. The van der Waals surface area contributed by atoms with Gasteiger partial charge in [0.15, 0.2) is 5.84 Å². The molecule has 5 N–H and O–H groups in total. The van der Waals surface area contributed by atoms with Crippen LogP contribution in [0.5, 0.6) is 0 Å². The van der Waals surface area contributed by atoms with Gasteiger partial charge in [0.1, 0.15) is 0 Å². The fraction of sp³-hybridized carbons (Fsp3) is 0.273. The molecule has 1 atom stereocenters. The average molecular weight is 305 g/mol. The molecule has 0 saturated heterocycles. The second-order valence-corrected chi connectivity index (χ2v) is 4.53. The van der Waals surface area contributed by atoms with E-state index >= 15 is 0 Å². The Balaban J connectivity index is 2.66. The molecule has 0 aliphatic carbocycles. The van der Waals surface area contributed by atoms with Gasteiger partial charge in [0.2, 0.25) is 0 Å². The Hall–Kier alpha value is -1.66. The number of rotatable bonds is 4. The summed E-state index contributed by atoms with van der Waals surface area (Å²) in [5.74, 6) is -0.0632. The summed E-state index contributed by atoms with van der Waals surface area (Å²) in [4.78, 5) is 11.7. The van der Waals surface area contributed by atoms with Gasteiger partial charge in [-0.05, 0) is 24.6 Å². The number of nitrogens with two attached hydrogens (primary N) is 1. The predicted molar refractivity (Wildman–Crippen MR) is 76.1 cm³/mol. The van der Waals surface area contributed by atoms with Gasteiger partial charge < -0.3 is 21.6 Å². The van der Waals surface area contributed by atoms with E-state index in [0.717, 1.165) is 0 Å². The van der Waals surface area contributed by atoms with Gasteiger partial charge in [-0.2, -0.15) is 0 Å². The first kappa shape index (κ1) is 15.4. The van der Waals surface area contributed by atoms with Crippen LogP contribution in [0.25, 0.3) is 0 Å². The number of benzene rings is 1. The highest BCUT2D eigenvalue weighted by Gasteiger charge is 2.14. The Morgan fingerprint density at radius 3 is 2.68 bits per heavy atom. The van der Waals surface area contributed by atoms with Gasteiger partial charge in [-0.25, -0.2) is 4.79 Å². The van der Waals surface area contributed by atoms with E-state index in [0.29, 0.717) is 22.2 Å². The first-order chi connectivity index (χ1) is 8.97. The number of carbonyl (C=O) groups is 1. The molecule has 8 heteroatoms. The van der Waals surface area contributed by atoms with Gasteiger partial charge >= 0.3 is 6.03 Å². The lowest BCUT2D eigenvalue weighted by Crippen LogP contribution is -2.45. The third-order valence-corrected chi connectivity index (χ3v) is 3.10. The van der Waals surface area contributed by atoms with Gasteiger partial charge in [-0.15, -0.1) is 0 Å². The molecule has 0 radical (unpaired) electrons. The molecule has 1 unspecified atom stereocenters. The SMILES string of the molecule is CCC(NC(=O)Nc1ccc(Cl)c(Cl)c1)/C(N)=N/O. The van der Waals surface area contributed by atoms with Gasteiger partial charge in [-0.1, -0.05) is 35.3 Å². The van der Waals surface area contributed by atoms with Gasteiger partial charge in [0.05, 0.1) is 16.1 Å². The van der Waals surface area contributed by atoms with E-state index in [2.05, 4.69) is 15.8 Å². The van der Waals surface area contributed by atoms with Crippen molar-refractivity contribution in [2.24, 2.45) is 10.9 Å². The molecule has 0 heterocycles. The maximum Gasteiger partial charge on any atom is 0.319 e. The second-order valence-electron chi connectivity index (χ2n) is 3.71. The highest BCUT2D eigenvalue weighted by atomic mass is 35.5. The molecular formula is C11H14Cl2N4O2. The number of nitrogens with one attached hydrogen (secondary N) is 2. The molecule has 0 fully saturated rings. The summed E-state index contributed by atoms with van der Waals surface area (Å²) >= 11 is 11.6. The third-order valence-electron chi connectivity index (χ3n) is 2.36. The van der Waals surface area contributed by atoms with E-state index in [-0.39, 0.29) is 5.84 Å². The molecule has 19 heavy (non-hydrogen) atoms. The fourth-order valence-corrected chi connectivity index (χ4v) is 1.65. The Bertz CT molecular complexity index is 494. The van der Waals surface area contributed by atoms with E-state index < -0.39 is 12.1 Å². The number of nitrogens with zero attached hydrogens (tertiary/aromatic N) is 1. The largest absolute Gasteiger partial charge is 0.409 e. The third kappa shape index (κ3) is 4.50. The normalized spacial score (nSPS) is 12.9. The Kier molecular flexibility index (Phi) is 5.72. The first-order valence-corrected chi connectivity index (χ1v) is 6.23. The molecule has 0 aromatic heterocycles. The van der Waals surface area contributed by atoms with E-state index in [1.54, 1.807) is 19.1 Å². The number of carbonyl (C=O) groups excluding carboxylic acids is 1. The number of hydrogen-bond acceptors (Lipinski definition) is 3. The van der Waals surface area contributed by atoms with Crippen LogP contribution in [0.1, 0.15) is 13.3 Å². The standard InChI is InChI=1S/C11H14Cl2N4O2/c1-2-9(10(14)17-19)16-11(18)15-6-3-4-7(12)8(13)5-6/h3-5,9,19H,2H2,1H3,(H2,14,17)(H2,15,16,18). The molecule has 6 nitrogen and oxygen atoms in total. The van der Waals surface area contributed by atoms with Gasteiger partial charge in [-0.3, -0.25) is 0 Å². The minimum atomic E-state index is -0.548. The zero-order chi connectivity index (χ0) is 14.4. The van der Waals surface area contributed by atoms with Crippen molar-refractivity contribution in [2.75, 3.05) is 5.32 Å². The van der Waals surface area contributed by atoms with Crippen LogP contribution < -0.4 is 16.4 Å². The molecule has 0 saturated carbocycles. The van der Waals surface area contributed by atoms with Crippen molar-refractivity contribution in [3.8, 4) is 0 Å². The van der Waals surface area contributed by atoms with Crippen molar-refractivity contribution in [1.29, 1.82) is 0 Å². The molecule has 0 bridgehead atoms. The molecule has 1 aromatic rings. The van der Waals surface area contributed by atoms with Crippen LogP contribution in [0, 0.1) is 0 Å². The smallest absolute Gasteiger partial charge is 0.319 e. The molecule has 0 spiro atoms. The van der Waals surface area contributed by atoms with E-state index in [1.165, 1.54) is 6.07 Å². The molecule has 1 rings (SSSR count). The summed E-state index contributed by atoms with van der Waals surface area (Å²) in [6.07, 6.45) is 0.491. The van der Waals surface area contributed by atoms with E-state index in [9.17, 15) is 4.79 Å². The number of urea groups is 1. The summed E-state index contributed by atoms with van der Waals surface area (Å²) < 4.78 is 0. The van der Waals surface area contributed by atoms with Crippen molar-refractivity contribution >= 4 is 40.8 Å². The van der Waals surface area contributed by atoms with Crippen LogP contribution in [0.3, 0.4) is 0 Å². The van der Waals surface area contributed by atoms with Crippen LogP contribution in [-0.2, 0) is 0 Å². The number of oxime groups is 1. The van der Waals surface area contributed by atoms with Gasteiger partial charge in [0.25, 0.3) is 0 Å². The van der Waals surface area contributed by atoms with E-state index in [4.69, 9.17) is 34.1 Å². The van der Waals surface area contributed by atoms with Crippen LogP contribution >= 0.6 is 23.2 Å². The highest BCUT2D eigenvalue weighted by Crippen LogP contribution is 2.24. The summed E-state index contributed by atoms with van der Waals surface area (Å²) in [5.41, 5.74) is 5.92. The summed E-state index contributed by atoms with van der Waals surface area (Å²) in [5, 5.41) is 17.3. The fourth-order valence-electron chi connectivity index (χ4n) is 1.35. The Morgan fingerprint density at radius 2 is 2.16 bits per heavy atom. The summed E-state index contributed by atoms with van der Waals surface area (Å²) in [6, 6.07) is 3.66. The monoisotopic (exact) mass is 304 g/mol. The lowest BCUT2D eigenvalue weighted by atomic mass is 10.2. The zero-order valence-electron chi connectivity index (χ0n) is 10.2. The van der Waals surface area contributed by atoms with Crippen LogP contribution in [0.2, 0.25) is 10.0 Å². The second kappa shape index (κ2) is 7.06. The molecule has 1 aromatic carbocycles. The molecule has 104 valence electrons. The lowest BCUT2D eigenvalue weighted by molar-refractivity contribution is 0.250. The van der Waals surface area contributed by atoms with Crippen molar-refractivity contribution in [3.05, 3.63) is 28.2 Å². The highest BCUT2D eigenvalue weighted by molar-refractivity contribution is 6.42. The number of hydrogen-bond donors (Lipinski definition) is 4.